The monoisotopic (exact) mass is 146 g/mol. The van der Waals surface area contributed by atoms with Crippen LogP contribution in [0.15, 0.2) is 0 Å². The summed E-state index contributed by atoms with van der Waals surface area (Å²) < 4.78 is 0. The molecule has 2 fully saturated rings. The van der Waals surface area contributed by atoms with Gasteiger partial charge in [-0.15, -0.1) is 0 Å². The van der Waals surface area contributed by atoms with Crippen LogP contribution in [-0.2, 0) is 4.79 Å². The van der Waals surface area contributed by atoms with E-state index < -0.39 is 5.41 Å². The fourth-order valence-corrected chi connectivity index (χ4v) is 2.12. The fraction of sp³-hybridized carbons (Fsp3) is 0.625. The second kappa shape index (κ2) is 1.62. The molecule has 2 rings (SSSR count). The van der Waals surface area contributed by atoms with Crippen molar-refractivity contribution in [1.29, 1.82) is 10.5 Å². The maximum absolute atomic E-state index is 11.0. The van der Waals surface area contributed by atoms with Gasteiger partial charge in [-0.1, -0.05) is 0 Å². The third-order valence-corrected chi connectivity index (χ3v) is 2.79. The molecule has 2 aliphatic carbocycles. The topological polar surface area (TPSA) is 64.7 Å². The molecule has 3 heteroatoms. The molecule has 54 valence electrons. The Hall–Kier alpha value is -1.35. The second-order valence-corrected chi connectivity index (χ2v) is 3.18. The number of rotatable bonds is 0. The normalized spacial score (nSPS) is 37.1. The van der Waals surface area contributed by atoms with E-state index in [-0.39, 0.29) is 17.6 Å². The maximum atomic E-state index is 11.0. The first kappa shape index (κ1) is 6.37. The van der Waals surface area contributed by atoms with E-state index in [1.807, 2.05) is 12.1 Å². The molecular weight excluding hydrogens is 140 g/mol. The Bertz CT molecular complexity index is 293. The SMILES string of the molecule is N#CC1(C#N)C2CCC(=O)C21. The van der Waals surface area contributed by atoms with Gasteiger partial charge in [0.2, 0.25) is 0 Å². The number of ketones is 1. The molecule has 2 atom stereocenters. The van der Waals surface area contributed by atoms with Gasteiger partial charge in [0.1, 0.15) is 5.78 Å². The van der Waals surface area contributed by atoms with Crippen molar-refractivity contribution >= 4 is 5.78 Å². The summed E-state index contributed by atoms with van der Waals surface area (Å²) in [6.07, 6.45) is 1.31. The summed E-state index contributed by atoms with van der Waals surface area (Å²) in [6, 6.07) is 3.91. The molecule has 2 saturated carbocycles. The average Bonchev–Trinajstić information content (AvgIpc) is 2.53. The summed E-state index contributed by atoms with van der Waals surface area (Å²) in [4.78, 5) is 11.0. The van der Waals surface area contributed by atoms with Crippen molar-refractivity contribution in [3.8, 4) is 12.1 Å². The third-order valence-electron chi connectivity index (χ3n) is 2.79. The van der Waals surface area contributed by atoms with Gasteiger partial charge in [-0.3, -0.25) is 4.79 Å². The molecule has 0 bridgehead atoms. The van der Waals surface area contributed by atoms with Gasteiger partial charge >= 0.3 is 0 Å². The van der Waals surface area contributed by atoms with Crippen molar-refractivity contribution < 1.29 is 4.79 Å². The number of carbonyl (C=O) groups is 1. The molecule has 0 aliphatic heterocycles. The first-order valence-corrected chi connectivity index (χ1v) is 3.61. The summed E-state index contributed by atoms with van der Waals surface area (Å²) in [6.45, 7) is 0. The molecular formula is C8H6N2O. The van der Waals surface area contributed by atoms with E-state index in [2.05, 4.69) is 0 Å². The van der Waals surface area contributed by atoms with Crippen LogP contribution in [0.4, 0.5) is 0 Å². The Morgan fingerprint density at radius 2 is 2.09 bits per heavy atom. The van der Waals surface area contributed by atoms with Gasteiger partial charge in [0, 0.05) is 12.3 Å². The smallest absolute Gasteiger partial charge is 0.157 e. The fourth-order valence-electron chi connectivity index (χ4n) is 2.12. The van der Waals surface area contributed by atoms with E-state index in [9.17, 15) is 4.79 Å². The van der Waals surface area contributed by atoms with Gasteiger partial charge in [0.25, 0.3) is 0 Å². The second-order valence-electron chi connectivity index (χ2n) is 3.18. The lowest BCUT2D eigenvalue weighted by Gasteiger charge is -1.98. The Morgan fingerprint density at radius 3 is 2.36 bits per heavy atom. The Balaban J connectivity index is 2.34. The molecule has 2 aliphatic rings. The van der Waals surface area contributed by atoms with Gasteiger partial charge in [-0.25, -0.2) is 0 Å². The minimum absolute atomic E-state index is 0.0602. The number of hydrogen-bond acceptors (Lipinski definition) is 3. The van der Waals surface area contributed by atoms with Crippen LogP contribution in [-0.4, -0.2) is 5.78 Å². The van der Waals surface area contributed by atoms with Crippen molar-refractivity contribution in [2.24, 2.45) is 17.3 Å². The van der Waals surface area contributed by atoms with Gasteiger partial charge < -0.3 is 0 Å². The van der Waals surface area contributed by atoms with Crippen molar-refractivity contribution in [3.63, 3.8) is 0 Å². The Kier molecular flexibility index (Phi) is 0.940. The zero-order valence-electron chi connectivity index (χ0n) is 5.87. The van der Waals surface area contributed by atoms with Gasteiger partial charge in [0.15, 0.2) is 5.41 Å². The summed E-state index contributed by atoms with van der Waals surface area (Å²) in [5.74, 6) is -0.0689. The number of fused-ring (bicyclic) bond motifs is 1. The highest BCUT2D eigenvalue weighted by Gasteiger charge is 2.72. The van der Waals surface area contributed by atoms with E-state index >= 15 is 0 Å². The lowest BCUT2D eigenvalue weighted by Crippen LogP contribution is -2.08. The summed E-state index contributed by atoms with van der Waals surface area (Å²) in [7, 11) is 0. The zero-order valence-corrected chi connectivity index (χ0v) is 5.87. The van der Waals surface area contributed by atoms with Crippen LogP contribution < -0.4 is 0 Å². The van der Waals surface area contributed by atoms with Crippen LogP contribution in [0.1, 0.15) is 12.8 Å². The maximum Gasteiger partial charge on any atom is 0.157 e. The third kappa shape index (κ3) is 0.500. The molecule has 2 unspecified atom stereocenters. The summed E-state index contributed by atoms with van der Waals surface area (Å²) in [5, 5.41) is 17.3. The lowest BCUT2D eigenvalue weighted by atomic mass is 9.99. The highest BCUT2D eigenvalue weighted by molar-refractivity contribution is 5.90. The largest absolute Gasteiger partial charge is 0.299 e. The van der Waals surface area contributed by atoms with E-state index in [4.69, 9.17) is 10.5 Å². The number of hydrogen-bond donors (Lipinski definition) is 0. The quantitative estimate of drug-likeness (QED) is 0.503. The molecule has 11 heavy (non-hydrogen) atoms. The molecule has 0 radical (unpaired) electrons. The number of nitrogens with zero attached hydrogens (tertiary/aromatic N) is 2. The van der Waals surface area contributed by atoms with Crippen LogP contribution in [0.5, 0.6) is 0 Å². The molecule has 0 aromatic rings. The van der Waals surface area contributed by atoms with Gasteiger partial charge in [-0.05, 0) is 6.42 Å². The van der Waals surface area contributed by atoms with Crippen molar-refractivity contribution in [1.82, 2.24) is 0 Å². The molecule has 0 amide bonds. The summed E-state index contributed by atoms with van der Waals surface area (Å²) >= 11 is 0. The average molecular weight is 146 g/mol. The van der Waals surface area contributed by atoms with Gasteiger partial charge in [-0.2, -0.15) is 10.5 Å². The Labute approximate surface area is 64.2 Å². The van der Waals surface area contributed by atoms with Crippen LogP contribution >= 0.6 is 0 Å². The molecule has 3 nitrogen and oxygen atoms in total. The highest BCUT2D eigenvalue weighted by atomic mass is 16.1. The number of Topliss-reactive ketones (excluding diaryl/α,β-unsaturated/α-hetero) is 1. The lowest BCUT2D eigenvalue weighted by molar-refractivity contribution is -0.119. The standard InChI is InChI=1S/C8H6N2O/c9-3-8(4-10)5-1-2-6(11)7(5)8/h5,7H,1-2H2. The minimum atomic E-state index is -0.921. The van der Waals surface area contributed by atoms with Crippen LogP contribution in [0.2, 0.25) is 0 Å². The van der Waals surface area contributed by atoms with E-state index in [0.29, 0.717) is 6.42 Å². The van der Waals surface area contributed by atoms with Crippen molar-refractivity contribution in [2.75, 3.05) is 0 Å². The first-order chi connectivity index (χ1) is 5.26. The highest BCUT2D eigenvalue weighted by Crippen LogP contribution is 2.64. The minimum Gasteiger partial charge on any atom is -0.299 e. The first-order valence-electron chi connectivity index (χ1n) is 3.61. The number of nitriles is 2. The van der Waals surface area contributed by atoms with Crippen LogP contribution in [0.25, 0.3) is 0 Å². The van der Waals surface area contributed by atoms with Crippen molar-refractivity contribution in [2.45, 2.75) is 12.8 Å². The molecule has 0 saturated heterocycles. The molecule has 0 N–H and O–H groups in total. The summed E-state index contributed by atoms with van der Waals surface area (Å²) in [5.41, 5.74) is -0.921. The van der Waals surface area contributed by atoms with Crippen LogP contribution in [0, 0.1) is 39.9 Å². The van der Waals surface area contributed by atoms with E-state index in [1.54, 1.807) is 0 Å². The number of carbonyl (C=O) groups excluding carboxylic acids is 1. The van der Waals surface area contributed by atoms with Crippen LogP contribution in [0.3, 0.4) is 0 Å². The predicted octanol–water partition coefficient (Wildman–Crippen LogP) is 0.629. The molecule has 0 aromatic heterocycles. The Morgan fingerprint density at radius 1 is 1.45 bits per heavy atom. The molecule has 0 spiro atoms. The van der Waals surface area contributed by atoms with Gasteiger partial charge in [0.05, 0.1) is 18.1 Å². The zero-order chi connectivity index (χ0) is 8.06. The molecule has 0 aromatic carbocycles. The predicted molar refractivity (Wildman–Crippen MR) is 34.9 cm³/mol. The van der Waals surface area contributed by atoms with E-state index in [1.165, 1.54) is 0 Å². The van der Waals surface area contributed by atoms with E-state index in [0.717, 1.165) is 6.42 Å². The molecule has 0 heterocycles. The van der Waals surface area contributed by atoms with Crippen molar-refractivity contribution in [3.05, 3.63) is 0 Å².